The number of nitrogens with one attached hydrogen (secondary N) is 1. The first kappa shape index (κ1) is 16.2. The van der Waals surface area contributed by atoms with Gasteiger partial charge in [0, 0.05) is 6.04 Å². The molecule has 0 saturated heterocycles. The normalized spacial score (nSPS) is 13.5. The van der Waals surface area contributed by atoms with Crippen molar-refractivity contribution in [3.63, 3.8) is 0 Å². The quantitative estimate of drug-likeness (QED) is 0.762. The van der Waals surface area contributed by atoms with Gasteiger partial charge >= 0.3 is 0 Å². The molecule has 0 heterocycles. The molecule has 0 aromatic heterocycles. The van der Waals surface area contributed by atoms with Gasteiger partial charge in [0.1, 0.15) is 5.82 Å². The second kappa shape index (κ2) is 7.64. The Morgan fingerprint density at radius 2 is 2.00 bits per heavy atom. The maximum atomic E-state index is 13.1. The highest BCUT2D eigenvalue weighted by molar-refractivity contribution is 5.16. The topological polar surface area (TPSA) is 12.0 Å². The highest BCUT2D eigenvalue weighted by atomic mass is 19.1. The molecule has 0 bridgehead atoms. The lowest BCUT2D eigenvalue weighted by Crippen LogP contribution is -2.40. The van der Waals surface area contributed by atoms with Crippen LogP contribution in [0.15, 0.2) is 24.3 Å². The van der Waals surface area contributed by atoms with Crippen molar-refractivity contribution in [2.24, 2.45) is 5.41 Å². The second-order valence-electron chi connectivity index (χ2n) is 6.39. The van der Waals surface area contributed by atoms with Crippen LogP contribution in [0.2, 0.25) is 0 Å². The van der Waals surface area contributed by atoms with Crippen LogP contribution in [0.5, 0.6) is 0 Å². The Bertz CT molecular complexity index is 368. The fourth-order valence-corrected chi connectivity index (χ4v) is 2.36. The minimum absolute atomic E-state index is 0.131. The van der Waals surface area contributed by atoms with E-state index in [4.69, 9.17) is 0 Å². The van der Waals surface area contributed by atoms with Crippen molar-refractivity contribution in [2.75, 3.05) is 6.54 Å². The number of aryl methyl sites for hydroxylation is 1. The van der Waals surface area contributed by atoms with Crippen LogP contribution in [-0.4, -0.2) is 12.6 Å². The van der Waals surface area contributed by atoms with Gasteiger partial charge in [-0.1, -0.05) is 39.8 Å². The Kier molecular flexibility index (Phi) is 6.50. The van der Waals surface area contributed by atoms with Crippen LogP contribution in [0, 0.1) is 11.2 Å². The van der Waals surface area contributed by atoms with E-state index in [-0.39, 0.29) is 11.2 Å². The maximum Gasteiger partial charge on any atom is 0.123 e. The molecule has 0 aliphatic rings. The summed E-state index contributed by atoms with van der Waals surface area (Å²) in [5, 5.41) is 3.63. The zero-order chi connectivity index (χ0) is 14.3. The number of hydrogen-bond donors (Lipinski definition) is 1. The van der Waals surface area contributed by atoms with E-state index in [1.54, 1.807) is 12.1 Å². The highest BCUT2D eigenvalue weighted by Gasteiger charge is 2.23. The molecular weight excluding hydrogens is 237 g/mol. The third-order valence-electron chi connectivity index (χ3n) is 3.53. The molecule has 1 N–H and O–H groups in total. The smallest absolute Gasteiger partial charge is 0.123 e. The van der Waals surface area contributed by atoms with Crippen molar-refractivity contribution >= 4 is 0 Å². The predicted octanol–water partition coefficient (Wildman–Crippen LogP) is 4.56. The SMILES string of the molecule is CCCNC(CCCc1cccc(F)c1)C(C)(C)C. The fraction of sp³-hybridized carbons (Fsp3) is 0.647. The van der Waals surface area contributed by atoms with Gasteiger partial charge in [0.05, 0.1) is 0 Å². The average molecular weight is 265 g/mol. The second-order valence-corrected chi connectivity index (χ2v) is 6.39. The number of rotatable bonds is 7. The van der Waals surface area contributed by atoms with Gasteiger partial charge in [0.15, 0.2) is 0 Å². The van der Waals surface area contributed by atoms with E-state index in [2.05, 4.69) is 33.0 Å². The molecular formula is C17H28FN. The summed E-state index contributed by atoms with van der Waals surface area (Å²) >= 11 is 0. The molecule has 0 aliphatic carbocycles. The van der Waals surface area contributed by atoms with Crippen LogP contribution >= 0.6 is 0 Å². The molecule has 1 aromatic rings. The van der Waals surface area contributed by atoms with Crippen molar-refractivity contribution in [1.82, 2.24) is 5.32 Å². The zero-order valence-electron chi connectivity index (χ0n) is 12.8. The van der Waals surface area contributed by atoms with E-state index in [1.165, 1.54) is 6.07 Å². The summed E-state index contributed by atoms with van der Waals surface area (Å²) in [7, 11) is 0. The summed E-state index contributed by atoms with van der Waals surface area (Å²) in [5.41, 5.74) is 1.38. The van der Waals surface area contributed by atoms with Gasteiger partial charge in [0.2, 0.25) is 0 Å². The molecule has 0 fully saturated rings. The summed E-state index contributed by atoms with van der Waals surface area (Å²) in [6.45, 7) is 10.1. The lowest BCUT2D eigenvalue weighted by Gasteiger charge is -2.32. The first-order valence-corrected chi connectivity index (χ1v) is 7.41. The van der Waals surface area contributed by atoms with E-state index >= 15 is 0 Å². The van der Waals surface area contributed by atoms with E-state index in [9.17, 15) is 4.39 Å². The largest absolute Gasteiger partial charge is 0.313 e. The fourth-order valence-electron chi connectivity index (χ4n) is 2.36. The highest BCUT2D eigenvalue weighted by Crippen LogP contribution is 2.23. The predicted molar refractivity (Wildman–Crippen MR) is 80.9 cm³/mol. The van der Waals surface area contributed by atoms with Crippen LogP contribution in [0.3, 0.4) is 0 Å². The maximum absolute atomic E-state index is 13.1. The lowest BCUT2D eigenvalue weighted by atomic mass is 9.83. The third-order valence-corrected chi connectivity index (χ3v) is 3.53. The molecule has 1 rings (SSSR count). The van der Waals surface area contributed by atoms with Gasteiger partial charge in [-0.05, 0) is 55.3 Å². The van der Waals surface area contributed by atoms with Crippen LogP contribution in [0.4, 0.5) is 4.39 Å². The summed E-state index contributed by atoms with van der Waals surface area (Å²) in [4.78, 5) is 0. The Balaban J connectivity index is 2.43. The first-order valence-electron chi connectivity index (χ1n) is 7.41. The van der Waals surface area contributed by atoms with Gasteiger partial charge in [-0.3, -0.25) is 0 Å². The van der Waals surface area contributed by atoms with Gasteiger partial charge < -0.3 is 5.32 Å². The van der Waals surface area contributed by atoms with Gasteiger partial charge in [0.25, 0.3) is 0 Å². The molecule has 1 nitrogen and oxygen atoms in total. The molecule has 0 saturated carbocycles. The Labute approximate surface area is 117 Å². The first-order chi connectivity index (χ1) is 8.93. The van der Waals surface area contributed by atoms with Crippen molar-refractivity contribution < 1.29 is 4.39 Å². The third kappa shape index (κ3) is 6.20. The number of benzene rings is 1. The lowest BCUT2D eigenvalue weighted by molar-refractivity contribution is 0.251. The summed E-state index contributed by atoms with van der Waals surface area (Å²) in [5.74, 6) is -0.131. The van der Waals surface area contributed by atoms with Crippen LogP contribution < -0.4 is 5.32 Å². The van der Waals surface area contributed by atoms with E-state index in [0.29, 0.717) is 6.04 Å². The zero-order valence-corrected chi connectivity index (χ0v) is 12.8. The van der Waals surface area contributed by atoms with Crippen LogP contribution in [0.25, 0.3) is 0 Å². The Hall–Kier alpha value is -0.890. The number of halogens is 1. The molecule has 0 radical (unpaired) electrons. The molecule has 0 aliphatic heterocycles. The molecule has 1 aromatic carbocycles. The van der Waals surface area contributed by atoms with Crippen molar-refractivity contribution in [1.29, 1.82) is 0 Å². The monoisotopic (exact) mass is 265 g/mol. The van der Waals surface area contributed by atoms with Gasteiger partial charge in [-0.15, -0.1) is 0 Å². The molecule has 1 unspecified atom stereocenters. The minimum Gasteiger partial charge on any atom is -0.313 e. The molecule has 0 spiro atoms. The van der Waals surface area contributed by atoms with Crippen LogP contribution in [0.1, 0.15) is 52.5 Å². The van der Waals surface area contributed by atoms with E-state index in [0.717, 1.165) is 37.8 Å². The van der Waals surface area contributed by atoms with Crippen molar-refractivity contribution in [3.05, 3.63) is 35.6 Å². The van der Waals surface area contributed by atoms with E-state index < -0.39 is 0 Å². The standard InChI is InChI=1S/C17H28FN/c1-5-12-19-16(17(2,3)4)11-7-9-14-8-6-10-15(18)13-14/h6,8,10,13,16,19H,5,7,9,11-12H2,1-4H3. The Morgan fingerprint density at radius 3 is 2.58 bits per heavy atom. The van der Waals surface area contributed by atoms with Crippen molar-refractivity contribution in [2.45, 2.75) is 59.4 Å². The summed E-state index contributed by atoms with van der Waals surface area (Å²) < 4.78 is 13.1. The van der Waals surface area contributed by atoms with Crippen LogP contribution in [-0.2, 0) is 6.42 Å². The van der Waals surface area contributed by atoms with Crippen molar-refractivity contribution in [3.8, 4) is 0 Å². The molecule has 2 heteroatoms. The van der Waals surface area contributed by atoms with Gasteiger partial charge in [-0.25, -0.2) is 4.39 Å². The summed E-state index contributed by atoms with van der Waals surface area (Å²) in [6, 6.07) is 7.48. The molecule has 108 valence electrons. The average Bonchev–Trinajstić information content (AvgIpc) is 2.32. The van der Waals surface area contributed by atoms with E-state index in [1.807, 2.05) is 6.07 Å². The number of hydrogen-bond acceptors (Lipinski definition) is 1. The molecule has 19 heavy (non-hydrogen) atoms. The Morgan fingerprint density at radius 1 is 1.26 bits per heavy atom. The molecule has 1 atom stereocenters. The minimum atomic E-state index is -0.131. The molecule has 0 amide bonds. The summed E-state index contributed by atoms with van der Waals surface area (Å²) in [6.07, 6.45) is 4.36. The van der Waals surface area contributed by atoms with Gasteiger partial charge in [-0.2, -0.15) is 0 Å².